The van der Waals surface area contributed by atoms with E-state index in [0.29, 0.717) is 49.7 Å². The van der Waals surface area contributed by atoms with Crippen molar-refractivity contribution in [1.82, 2.24) is 4.57 Å². The molecule has 2 aromatic rings. The minimum atomic E-state index is -0.579. The number of nitrogens with zero attached hydrogens (tertiary/aromatic N) is 5. The predicted octanol–water partition coefficient (Wildman–Crippen LogP) is 4.62. The Morgan fingerprint density at radius 1 is 1.22 bits per heavy atom. The van der Waals surface area contributed by atoms with Gasteiger partial charge in [-0.25, -0.2) is 0 Å². The van der Waals surface area contributed by atoms with Crippen molar-refractivity contribution in [3.63, 3.8) is 0 Å². The first-order valence-corrected chi connectivity index (χ1v) is 11.5. The molecule has 0 radical (unpaired) electrons. The number of aromatic nitrogens is 1. The first-order chi connectivity index (χ1) is 17.2. The molecule has 1 N–H and O–H groups in total. The Hall–Kier alpha value is -3.82. The summed E-state index contributed by atoms with van der Waals surface area (Å²) in [7, 11) is 3.00. The highest BCUT2D eigenvalue weighted by Gasteiger charge is 2.21. The Balaban J connectivity index is 2.60. The van der Waals surface area contributed by atoms with Gasteiger partial charge in [-0.05, 0) is 45.7 Å². The highest BCUT2D eigenvalue weighted by molar-refractivity contribution is 5.69. The zero-order valence-electron chi connectivity index (χ0n) is 21.2. The third kappa shape index (κ3) is 7.34. The smallest absolute Gasteiger partial charge is 0.300 e. The number of nitriles is 1. The van der Waals surface area contributed by atoms with Crippen LogP contribution >= 0.6 is 0 Å². The van der Waals surface area contributed by atoms with Gasteiger partial charge in [-0.3, -0.25) is 19.5 Å². The lowest BCUT2D eigenvalue weighted by Crippen LogP contribution is -2.28. The average Bonchev–Trinajstić information content (AvgIpc) is 2.85. The fourth-order valence-corrected chi connectivity index (χ4v) is 3.40. The van der Waals surface area contributed by atoms with E-state index in [-0.39, 0.29) is 35.3 Å². The zero-order chi connectivity index (χ0) is 26.7. The summed E-state index contributed by atoms with van der Waals surface area (Å²) in [5.74, 6) is 0.679. The van der Waals surface area contributed by atoms with E-state index in [1.165, 1.54) is 29.9 Å². The maximum atomic E-state index is 13.2. The first kappa shape index (κ1) is 28.4. The van der Waals surface area contributed by atoms with Crippen LogP contribution in [0.25, 0.3) is 0 Å². The summed E-state index contributed by atoms with van der Waals surface area (Å²) in [5.41, 5.74) is -0.231. The molecule has 0 aliphatic carbocycles. The molecule has 1 heterocycles. The van der Waals surface area contributed by atoms with Crippen LogP contribution in [0.15, 0.2) is 33.2 Å². The predicted molar refractivity (Wildman–Crippen MR) is 135 cm³/mol. The second-order valence-corrected chi connectivity index (χ2v) is 8.12. The largest absolute Gasteiger partial charge is 0.496 e. The van der Waals surface area contributed by atoms with Crippen LogP contribution in [0.4, 0.5) is 22.9 Å². The number of hydrogen-bond donors (Lipinski definition) is 1. The lowest BCUT2D eigenvalue weighted by molar-refractivity contribution is -0.384. The van der Waals surface area contributed by atoms with E-state index >= 15 is 0 Å². The average molecular weight is 501 g/mol. The molecule has 2 rings (SSSR count). The van der Waals surface area contributed by atoms with Gasteiger partial charge in [0.15, 0.2) is 5.69 Å². The van der Waals surface area contributed by atoms with Gasteiger partial charge in [0.2, 0.25) is 0 Å². The van der Waals surface area contributed by atoms with Crippen LogP contribution in [-0.2, 0) is 16.0 Å². The van der Waals surface area contributed by atoms with Crippen LogP contribution in [0.5, 0.6) is 5.75 Å². The minimum Gasteiger partial charge on any atom is -0.496 e. The van der Waals surface area contributed by atoms with Gasteiger partial charge in [0, 0.05) is 39.0 Å². The van der Waals surface area contributed by atoms with Gasteiger partial charge in [0.1, 0.15) is 28.9 Å². The van der Waals surface area contributed by atoms with Crippen LogP contribution < -0.4 is 15.6 Å². The third-order valence-electron chi connectivity index (χ3n) is 5.23. The molecule has 0 spiro atoms. The molecular formula is C24H32N6O6. The number of rotatable bonds is 14. The van der Waals surface area contributed by atoms with Crippen molar-refractivity contribution in [2.75, 3.05) is 39.3 Å². The number of methoxy groups -OCH3 is 2. The third-order valence-corrected chi connectivity index (χ3v) is 5.23. The minimum absolute atomic E-state index is 0.00660. The van der Waals surface area contributed by atoms with Crippen molar-refractivity contribution in [3.05, 3.63) is 49.8 Å². The summed E-state index contributed by atoms with van der Waals surface area (Å²) in [4.78, 5) is 24.1. The Labute approximate surface area is 209 Å². The van der Waals surface area contributed by atoms with E-state index in [1.807, 2.05) is 19.9 Å². The van der Waals surface area contributed by atoms with Gasteiger partial charge in [-0.15, -0.1) is 10.2 Å². The maximum absolute atomic E-state index is 13.2. The molecule has 0 fully saturated rings. The molecule has 12 nitrogen and oxygen atoms in total. The molecule has 0 aliphatic rings. The van der Waals surface area contributed by atoms with Crippen LogP contribution in [0.1, 0.15) is 37.8 Å². The van der Waals surface area contributed by atoms with Crippen molar-refractivity contribution >= 4 is 22.9 Å². The molecule has 1 aromatic carbocycles. The highest BCUT2D eigenvalue weighted by Crippen LogP contribution is 2.35. The first-order valence-electron chi connectivity index (χ1n) is 11.5. The van der Waals surface area contributed by atoms with Crippen LogP contribution in [0.2, 0.25) is 0 Å². The molecule has 0 saturated carbocycles. The van der Waals surface area contributed by atoms with Gasteiger partial charge in [-0.2, -0.15) is 5.26 Å². The maximum Gasteiger partial charge on any atom is 0.300 e. The van der Waals surface area contributed by atoms with Crippen LogP contribution in [-0.4, -0.2) is 49.6 Å². The van der Waals surface area contributed by atoms with Gasteiger partial charge >= 0.3 is 0 Å². The van der Waals surface area contributed by atoms with Gasteiger partial charge in [-0.1, -0.05) is 0 Å². The number of nitro groups is 1. The van der Waals surface area contributed by atoms with Crippen molar-refractivity contribution < 1.29 is 19.1 Å². The summed E-state index contributed by atoms with van der Waals surface area (Å²) in [6.07, 6.45) is 1.23. The topological polar surface area (TPSA) is 153 Å². The standard InChI is InChI=1S/C24H32N6O6/c1-16(2)36-13-7-11-29-23(26-10-6-12-34-4)22(17(3)19(15-25)24(29)31)28-27-20-9-8-18(35-5)14-21(20)30(32)33/h8-9,14,16,26H,6-7,10-13H2,1-5H3. The number of nitro benzene ring substituents is 1. The number of nitrogens with one attached hydrogen (secondary N) is 1. The summed E-state index contributed by atoms with van der Waals surface area (Å²) in [6, 6.07) is 6.17. The number of anilines is 1. The Morgan fingerprint density at radius 2 is 1.97 bits per heavy atom. The number of benzene rings is 1. The number of azo groups is 1. The van der Waals surface area contributed by atoms with Crippen LogP contribution in [0.3, 0.4) is 0 Å². The number of hydrogen-bond acceptors (Lipinski definition) is 10. The van der Waals surface area contributed by atoms with E-state index in [1.54, 1.807) is 14.0 Å². The van der Waals surface area contributed by atoms with Crippen molar-refractivity contribution in [2.45, 2.75) is 46.3 Å². The normalized spacial score (nSPS) is 11.1. The summed E-state index contributed by atoms with van der Waals surface area (Å²) in [6.45, 7) is 7.12. The molecule has 194 valence electrons. The summed E-state index contributed by atoms with van der Waals surface area (Å²) in [5, 5.41) is 32.9. The van der Waals surface area contributed by atoms with E-state index in [2.05, 4.69) is 15.5 Å². The second kappa shape index (κ2) is 13.9. The molecule has 0 atom stereocenters. The Bertz CT molecular complexity index is 1190. The molecule has 0 bridgehead atoms. The molecule has 12 heteroatoms. The summed E-state index contributed by atoms with van der Waals surface area (Å²) < 4.78 is 17.2. The lowest BCUT2D eigenvalue weighted by Gasteiger charge is -2.19. The SMILES string of the molecule is COCCCNc1c(N=Nc2ccc(OC)cc2[N+](=O)[O-])c(C)c(C#N)c(=O)n1CCCOC(C)C. The van der Waals surface area contributed by atoms with Crippen molar-refractivity contribution in [3.8, 4) is 11.8 Å². The summed E-state index contributed by atoms with van der Waals surface area (Å²) >= 11 is 0. The molecule has 0 amide bonds. The zero-order valence-corrected chi connectivity index (χ0v) is 21.2. The molecule has 0 aliphatic heterocycles. The molecule has 36 heavy (non-hydrogen) atoms. The van der Waals surface area contributed by atoms with E-state index in [0.717, 1.165) is 0 Å². The van der Waals surface area contributed by atoms with Gasteiger partial charge in [0.05, 0.1) is 24.2 Å². The molecular weight excluding hydrogens is 468 g/mol. The molecule has 1 aromatic heterocycles. The second-order valence-electron chi connectivity index (χ2n) is 8.12. The van der Waals surface area contributed by atoms with Gasteiger partial charge in [0.25, 0.3) is 11.2 Å². The fourth-order valence-electron chi connectivity index (χ4n) is 3.40. The lowest BCUT2D eigenvalue weighted by atomic mass is 10.1. The number of pyridine rings is 1. The highest BCUT2D eigenvalue weighted by atomic mass is 16.6. The van der Waals surface area contributed by atoms with E-state index < -0.39 is 10.5 Å². The van der Waals surface area contributed by atoms with Gasteiger partial charge < -0.3 is 19.5 Å². The van der Waals surface area contributed by atoms with Crippen molar-refractivity contribution in [1.29, 1.82) is 5.26 Å². The Morgan fingerprint density at radius 3 is 2.58 bits per heavy atom. The number of ether oxygens (including phenoxy) is 3. The van der Waals surface area contributed by atoms with E-state index in [4.69, 9.17) is 14.2 Å². The Kier molecular flexibility index (Phi) is 11.0. The quantitative estimate of drug-likeness (QED) is 0.170. The molecule has 0 saturated heterocycles. The fraction of sp³-hybridized carbons (Fsp3) is 0.500. The monoisotopic (exact) mass is 500 g/mol. The molecule has 0 unspecified atom stereocenters. The van der Waals surface area contributed by atoms with Crippen LogP contribution in [0, 0.1) is 28.4 Å². The van der Waals surface area contributed by atoms with Crippen molar-refractivity contribution in [2.24, 2.45) is 10.2 Å². The van der Waals surface area contributed by atoms with E-state index in [9.17, 15) is 20.2 Å².